The fourth-order valence-electron chi connectivity index (χ4n) is 1.34. The molecule has 8 heteroatoms. The Kier molecular flexibility index (Phi) is 3.68. The van der Waals surface area contributed by atoms with E-state index in [4.69, 9.17) is 11.6 Å². The lowest BCUT2D eigenvalue weighted by Crippen LogP contribution is -2.15. The molecule has 1 heterocycles. The highest BCUT2D eigenvalue weighted by Gasteiger charge is 2.20. The third-order valence-electron chi connectivity index (χ3n) is 2.17. The van der Waals surface area contributed by atoms with E-state index in [1.165, 1.54) is 12.3 Å². The number of nitrogens with one attached hydrogen (secondary N) is 1. The molecule has 0 bridgehead atoms. The Labute approximate surface area is 113 Å². The number of halogens is 3. The van der Waals surface area contributed by atoms with Crippen molar-refractivity contribution in [1.29, 1.82) is 0 Å². The SMILES string of the molecule is O=S(=O)(Nc1ncccc1F)c1ccc(F)cc1Cl. The number of benzene rings is 1. The molecule has 0 atom stereocenters. The molecule has 4 nitrogen and oxygen atoms in total. The Hall–Kier alpha value is -1.73. The van der Waals surface area contributed by atoms with Crippen molar-refractivity contribution in [3.8, 4) is 0 Å². The molecule has 0 spiro atoms. The molecule has 1 aromatic heterocycles. The number of anilines is 1. The number of hydrogen-bond donors (Lipinski definition) is 1. The number of hydrogen-bond acceptors (Lipinski definition) is 3. The van der Waals surface area contributed by atoms with E-state index in [0.29, 0.717) is 0 Å². The monoisotopic (exact) mass is 304 g/mol. The van der Waals surface area contributed by atoms with Crippen molar-refractivity contribution in [2.75, 3.05) is 4.72 Å². The Morgan fingerprint density at radius 1 is 1.21 bits per heavy atom. The second-order valence-electron chi connectivity index (χ2n) is 3.51. The third kappa shape index (κ3) is 2.99. The molecule has 2 aromatic rings. The molecular formula is C11H7ClF2N2O2S. The van der Waals surface area contributed by atoms with E-state index in [2.05, 4.69) is 4.98 Å². The van der Waals surface area contributed by atoms with Crippen LogP contribution >= 0.6 is 11.6 Å². The molecule has 0 aliphatic carbocycles. The summed E-state index contributed by atoms with van der Waals surface area (Å²) in [5.74, 6) is -1.96. The lowest BCUT2D eigenvalue weighted by atomic mass is 10.3. The van der Waals surface area contributed by atoms with Gasteiger partial charge in [0.1, 0.15) is 10.7 Å². The second-order valence-corrected chi connectivity index (χ2v) is 5.57. The summed E-state index contributed by atoms with van der Waals surface area (Å²) >= 11 is 5.65. The van der Waals surface area contributed by atoms with Gasteiger partial charge in [0, 0.05) is 6.20 Å². The first-order chi connectivity index (χ1) is 8.90. The van der Waals surface area contributed by atoms with Crippen molar-refractivity contribution in [3.05, 3.63) is 53.2 Å². The highest BCUT2D eigenvalue weighted by molar-refractivity contribution is 7.92. The van der Waals surface area contributed by atoms with E-state index < -0.39 is 27.5 Å². The van der Waals surface area contributed by atoms with Gasteiger partial charge in [0.2, 0.25) is 0 Å². The highest BCUT2D eigenvalue weighted by Crippen LogP contribution is 2.24. The van der Waals surface area contributed by atoms with Gasteiger partial charge in [-0.1, -0.05) is 11.6 Å². The van der Waals surface area contributed by atoms with Gasteiger partial charge in [-0.05, 0) is 30.3 Å². The Balaban J connectivity index is 2.41. The third-order valence-corrected chi connectivity index (χ3v) is 3.99. The summed E-state index contributed by atoms with van der Waals surface area (Å²) in [4.78, 5) is 3.19. The van der Waals surface area contributed by atoms with Gasteiger partial charge >= 0.3 is 0 Å². The number of pyridine rings is 1. The van der Waals surface area contributed by atoms with Crippen molar-refractivity contribution in [2.24, 2.45) is 0 Å². The Morgan fingerprint density at radius 3 is 2.58 bits per heavy atom. The molecule has 100 valence electrons. The van der Waals surface area contributed by atoms with Gasteiger partial charge in [-0.2, -0.15) is 0 Å². The molecule has 0 aliphatic rings. The van der Waals surface area contributed by atoms with Gasteiger partial charge < -0.3 is 0 Å². The summed E-state index contributed by atoms with van der Waals surface area (Å²) in [6, 6.07) is 5.15. The first-order valence-electron chi connectivity index (χ1n) is 4.98. The molecule has 0 amide bonds. The van der Waals surface area contributed by atoms with E-state index >= 15 is 0 Å². The van der Waals surface area contributed by atoms with E-state index in [1.807, 2.05) is 4.72 Å². The van der Waals surface area contributed by atoms with Crippen LogP contribution in [-0.4, -0.2) is 13.4 Å². The van der Waals surface area contributed by atoms with Gasteiger partial charge in [0.15, 0.2) is 11.6 Å². The molecule has 0 unspecified atom stereocenters. The molecule has 1 N–H and O–H groups in total. The maximum Gasteiger partial charge on any atom is 0.264 e. The fraction of sp³-hybridized carbons (Fsp3) is 0. The van der Waals surface area contributed by atoms with Crippen LogP contribution in [0.4, 0.5) is 14.6 Å². The van der Waals surface area contributed by atoms with Crippen molar-refractivity contribution >= 4 is 27.4 Å². The minimum atomic E-state index is -4.13. The van der Waals surface area contributed by atoms with Gasteiger partial charge in [-0.15, -0.1) is 0 Å². The maximum atomic E-state index is 13.3. The van der Waals surface area contributed by atoms with E-state index in [9.17, 15) is 17.2 Å². The van der Waals surface area contributed by atoms with Crippen LogP contribution in [0.1, 0.15) is 0 Å². The quantitative estimate of drug-likeness (QED) is 0.948. The fourth-order valence-corrected chi connectivity index (χ4v) is 2.89. The van der Waals surface area contributed by atoms with Crippen molar-refractivity contribution in [1.82, 2.24) is 4.98 Å². The van der Waals surface area contributed by atoms with Gasteiger partial charge in [0.05, 0.1) is 5.02 Å². The summed E-state index contributed by atoms with van der Waals surface area (Å²) in [6.45, 7) is 0. The maximum absolute atomic E-state index is 13.3. The first-order valence-corrected chi connectivity index (χ1v) is 6.84. The zero-order valence-electron chi connectivity index (χ0n) is 9.27. The summed E-state index contributed by atoms with van der Waals surface area (Å²) in [7, 11) is -4.13. The lowest BCUT2D eigenvalue weighted by Gasteiger charge is -2.09. The second kappa shape index (κ2) is 5.10. The number of rotatable bonds is 3. The van der Waals surface area contributed by atoms with Crippen LogP contribution < -0.4 is 4.72 Å². The lowest BCUT2D eigenvalue weighted by molar-refractivity contribution is 0.596. The first kappa shape index (κ1) is 13.7. The molecule has 0 saturated heterocycles. The van der Waals surface area contributed by atoms with Crippen LogP contribution in [0.25, 0.3) is 0 Å². The average Bonchev–Trinajstić information content (AvgIpc) is 2.31. The average molecular weight is 305 g/mol. The zero-order valence-corrected chi connectivity index (χ0v) is 10.8. The Bertz CT molecular complexity index is 722. The molecule has 19 heavy (non-hydrogen) atoms. The summed E-state index contributed by atoms with van der Waals surface area (Å²) in [5.41, 5.74) is 0. The van der Waals surface area contributed by atoms with Crippen LogP contribution in [0, 0.1) is 11.6 Å². The van der Waals surface area contributed by atoms with Gasteiger partial charge in [-0.3, -0.25) is 4.72 Å². The van der Waals surface area contributed by atoms with E-state index in [-0.39, 0.29) is 9.92 Å². The normalized spacial score (nSPS) is 11.3. The minimum Gasteiger partial charge on any atom is -0.261 e. The Morgan fingerprint density at radius 2 is 1.95 bits per heavy atom. The van der Waals surface area contributed by atoms with Gasteiger partial charge in [-0.25, -0.2) is 22.2 Å². The zero-order chi connectivity index (χ0) is 14.0. The van der Waals surface area contributed by atoms with E-state index in [0.717, 1.165) is 24.3 Å². The van der Waals surface area contributed by atoms with Crippen LogP contribution in [-0.2, 0) is 10.0 Å². The molecule has 0 aliphatic heterocycles. The topological polar surface area (TPSA) is 59.1 Å². The van der Waals surface area contributed by atoms with Gasteiger partial charge in [0.25, 0.3) is 10.0 Å². The summed E-state index contributed by atoms with van der Waals surface area (Å²) in [5, 5.41) is -0.302. The van der Waals surface area contributed by atoms with E-state index in [1.54, 1.807) is 0 Å². The van der Waals surface area contributed by atoms with Crippen molar-refractivity contribution < 1.29 is 17.2 Å². The largest absolute Gasteiger partial charge is 0.264 e. The minimum absolute atomic E-state index is 0.302. The highest BCUT2D eigenvalue weighted by atomic mass is 35.5. The smallest absolute Gasteiger partial charge is 0.261 e. The molecule has 0 fully saturated rings. The van der Waals surface area contributed by atoms with Crippen molar-refractivity contribution in [2.45, 2.75) is 4.90 Å². The van der Waals surface area contributed by atoms with Crippen LogP contribution in [0.5, 0.6) is 0 Å². The van der Waals surface area contributed by atoms with Crippen LogP contribution in [0.3, 0.4) is 0 Å². The number of nitrogens with zero attached hydrogens (tertiary/aromatic N) is 1. The molecule has 1 aromatic carbocycles. The molecule has 0 radical (unpaired) electrons. The standard InChI is InChI=1S/C11H7ClF2N2O2S/c12-8-6-7(13)3-4-10(8)19(17,18)16-11-9(14)2-1-5-15-11/h1-6H,(H,15,16). The molecular weight excluding hydrogens is 298 g/mol. The number of aromatic nitrogens is 1. The van der Waals surface area contributed by atoms with Crippen LogP contribution in [0.15, 0.2) is 41.4 Å². The predicted octanol–water partition coefficient (Wildman–Crippen LogP) is 2.81. The molecule has 0 saturated carbocycles. The molecule has 2 rings (SSSR count). The van der Waals surface area contributed by atoms with Crippen LogP contribution in [0.2, 0.25) is 5.02 Å². The summed E-state index contributed by atoms with van der Waals surface area (Å²) < 4.78 is 52.0. The van der Waals surface area contributed by atoms with Crippen molar-refractivity contribution in [3.63, 3.8) is 0 Å². The number of sulfonamides is 1. The predicted molar refractivity (Wildman–Crippen MR) is 66.4 cm³/mol. The summed E-state index contributed by atoms with van der Waals surface area (Å²) in [6.07, 6.45) is 1.23.